The minimum absolute atomic E-state index is 0.153. The number of halogens is 3. The van der Waals surface area contributed by atoms with Crippen LogP contribution in [0.4, 0.5) is 0 Å². The first-order valence-electron chi connectivity index (χ1n) is 10.9. The Morgan fingerprint density at radius 1 is 0.694 bits per heavy atom. The van der Waals surface area contributed by atoms with Gasteiger partial charge in [-0.25, -0.2) is 15.0 Å². The van der Waals surface area contributed by atoms with Crippen molar-refractivity contribution >= 4 is 78.6 Å². The summed E-state index contributed by atoms with van der Waals surface area (Å²) in [6.45, 7) is 0. The monoisotopic (exact) mass is 714 g/mol. The van der Waals surface area contributed by atoms with Crippen molar-refractivity contribution in [3.8, 4) is 22.5 Å². The van der Waals surface area contributed by atoms with E-state index in [4.69, 9.17) is 11.6 Å². The molecule has 0 bridgehead atoms. The van der Waals surface area contributed by atoms with E-state index in [0.717, 1.165) is 42.4 Å². The van der Waals surface area contributed by atoms with Crippen LogP contribution in [-0.2, 0) is 0 Å². The second kappa shape index (κ2) is 11.0. The lowest BCUT2D eigenvalue weighted by atomic mass is 10.1. The van der Waals surface area contributed by atoms with Gasteiger partial charge in [0.25, 0.3) is 5.56 Å². The number of H-pyrrole nitrogens is 1. The molecule has 0 radical (unpaired) electrons. The molecular formula is C28H17ClI2N4O. The molecule has 8 heteroatoms. The van der Waals surface area contributed by atoms with Crippen LogP contribution < -0.4 is 5.56 Å². The standard InChI is InChI=1S/C14H8ClIN2.C14H9IN2O/c15-14-13-9(6-7-17-14)4-5-12(18-13)10-2-1-3-11(16)8-10;15-11-3-1-2-10(8-11)12-5-4-9-6-7-16-14(18)13(9)17-12/h1-8H;1-8H,(H,16,18). The number of hydrogen-bond acceptors (Lipinski definition) is 4. The van der Waals surface area contributed by atoms with Gasteiger partial charge >= 0.3 is 0 Å². The van der Waals surface area contributed by atoms with E-state index in [-0.39, 0.29) is 5.56 Å². The molecule has 0 spiro atoms. The third-order valence-corrected chi connectivity index (χ3v) is 7.04. The van der Waals surface area contributed by atoms with Crippen LogP contribution in [0.3, 0.4) is 0 Å². The Bertz CT molecular complexity index is 1770. The van der Waals surface area contributed by atoms with Crippen molar-refractivity contribution < 1.29 is 0 Å². The zero-order valence-electron chi connectivity index (χ0n) is 18.6. The fourth-order valence-electron chi connectivity index (χ4n) is 3.69. The molecule has 6 aromatic rings. The van der Waals surface area contributed by atoms with Crippen LogP contribution >= 0.6 is 56.8 Å². The first-order chi connectivity index (χ1) is 17.5. The average Bonchev–Trinajstić information content (AvgIpc) is 2.89. The van der Waals surface area contributed by atoms with Gasteiger partial charge in [0.15, 0.2) is 5.15 Å². The molecule has 6 rings (SSSR count). The Morgan fingerprint density at radius 3 is 1.89 bits per heavy atom. The van der Waals surface area contributed by atoms with Gasteiger partial charge in [0, 0.05) is 41.4 Å². The number of fused-ring (bicyclic) bond motifs is 2. The van der Waals surface area contributed by atoms with Gasteiger partial charge in [0.05, 0.1) is 11.4 Å². The molecule has 0 amide bonds. The van der Waals surface area contributed by atoms with Crippen molar-refractivity contribution in [1.29, 1.82) is 0 Å². The molecular weight excluding hydrogens is 698 g/mol. The largest absolute Gasteiger partial charge is 0.327 e. The summed E-state index contributed by atoms with van der Waals surface area (Å²) in [6, 6.07) is 27.9. The van der Waals surface area contributed by atoms with Gasteiger partial charge in [0.2, 0.25) is 0 Å². The molecule has 0 unspecified atom stereocenters. The van der Waals surface area contributed by atoms with Crippen LogP contribution in [0.1, 0.15) is 0 Å². The highest BCUT2D eigenvalue weighted by Crippen LogP contribution is 2.25. The summed E-state index contributed by atoms with van der Waals surface area (Å²) in [7, 11) is 0. The van der Waals surface area contributed by atoms with Gasteiger partial charge in [0.1, 0.15) is 11.0 Å². The summed E-state index contributed by atoms with van der Waals surface area (Å²) in [6.07, 6.45) is 3.33. The first-order valence-corrected chi connectivity index (χ1v) is 13.4. The lowest BCUT2D eigenvalue weighted by Crippen LogP contribution is -2.06. The highest BCUT2D eigenvalue weighted by molar-refractivity contribution is 14.1. The van der Waals surface area contributed by atoms with Gasteiger partial charge in [-0.1, -0.05) is 48.0 Å². The Morgan fingerprint density at radius 2 is 1.28 bits per heavy atom. The summed E-state index contributed by atoms with van der Waals surface area (Å²) in [5.41, 5.74) is 4.91. The molecule has 36 heavy (non-hydrogen) atoms. The molecule has 0 fully saturated rings. The average molecular weight is 715 g/mol. The molecule has 176 valence electrons. The molecule has 0 saturated heterocycles. The zero-order chi connectivity index (χ0) is 25.1. The number of aromatic nitrogens is 4. The van der Waals surface area contributed by atoms with Gasteiger partial charge in [-0.3, -0.25) is 4.79 Å². The van der Waals surface area contributed by atoms with Crippen molar-refractivity contribution in [2.24, 2.45) is 0 Å². The van der Waals surface area contributed by atoms with E-state index in [0.29, 0.717) is 10.7 Å². The van der Waals surface area contributed by atoms with E-state index in [1.165, 1.54) is 3.57 Å². The molecule has 0 aliphatic carbocycles. The smallest absolute Gasteiger partial charge is 0.274 e. The highest BCUT2D eigenvalue weighted by atomic mass is 127. The van der Waals surface area contributed by atoms with Crippen molar-refractivity contribution in [2.75, 3.05) is 0 Å². The Labute approximate surface area is 239 Å². The van der Waals surface area contributed by atoms with Crippen LogP contribution in [0.15, 0.2) is 102 Å². The summed E-state index contributed by atoms with van der Waals surface area (Å²) >= 11 is 10.6. The Hall–Kier alpha value is -2.89. The van der Waals surface area contributed by atoms with Crippen LogP contribution in [0.25, 0.3) is 44.3 Å². The van der Waals surface area contributed by atoms with E-state index in [2.05, 4.69) is 77.3 Å². The number of rotatable bonds is 2. The van der Waals surface area contributed by atoms with Crippen LogP contribution in [0.2, 0.25) is 5.15 Å². The maximum Gasteiger partial charge on any atom is 0.274 e. The van der Waals surface area contributed by atoms with E-state index < -0.39 is 0 Å². The number of nitrogens with zero attached hydrogens (tertiary/aromatic N) is 3. The number of aromatic amines is 1. The van der Waals surface area contributed by atoms with Gasteiger partial charge in [-0.05, 0) is 93.7 Å². The van der Waals surface area contributed by atoms with Gasteiger partial charge in [-0.15, -0.1) is 0 Å². The fourth-order valence-corrected chi connectivity index (χ4v) is 4.99. The molecule has 0 aliphatic rings. The minimum atomic E-state index is -0.153. The first kappa shape index (κ1) is 24.8. The lowest BCUT2D eigenvalue weighted by molar-refractivity contribution is 1.24. The quantitative estimate of drug-likeness (QED) is 0.147. The third kappa shape index (κ3) is 5.58. The van der Waals surface area contributed by atoms with Crippen LogP contribution in [0.5, 0.6) is 0 Å². The second-order valence-electron chi connectivity index (χ2n) is 7.83. The maximum absolute atomic E-state index is 11.7. The highest BCUT2D eigenvalue weighted by Gasteiger charge is 2.06. The maximum atomic E-state index is 11.7. The Balaban J connectivity index is 0.000000148. The van der Waals surface area contributed by atoms with Crippen molar-refractivity contribution in [1.82, 2.24) is 19.9 Å². The SMILES string of the molecule is Clc1nccc2ccc(-c3cccc(I)c3)nc12.O=c1[nH]ccc2ccc(-c3cccc(I)c3)nc12. The molecule has 1 N–H and O–H groups in total. The molecule has 5 nitrogen and oxygen atoms in total. The molecule has 2 aromatic carbocycles. The predicted molar refractivity (Wildman–Crippen MR) is 163 cm³/mol. The molecule has 0 atom stereocenters. The number of pyridine rings is 4. The fraction of sp³-hybridized carbons (Fsp3) is 0. The predicted octanol–water partition coefficient (Wildman–Crippen LogP) is 7.75. The molecule has 4 heterocycles. The summed E-state index contributed by atoms with van der Waals surface area (Å²) in [5, 5.41) is 2.30. The summed E-state index contributed by atoms with van der Waals surface area (Å²) in [5.74, 6) is 0. The van der Waals surface area contributed by atoms with E-state index in [1.54, 1.807) is 12.4 Å². The van der Waals surface area contributed by atoms with E-state index in [9.17, 15) is 4.79 Å². The Kier molecular flexibility index (Phi) is 7.59. The van der Waals surface area contributed by atoms with Crippen molar-refractivity contribution in [3.05, 3.63) is 120 Å². The van der Waals surface area contributed by atoms with Crippen LogP contribution in [0, 0.1) is 7.14 Å². The number of hydrogen-bond donors (Lipinski definition) is 1. The molecule has 0 saturated carbocycles. The normalized spacial score (nSPS) is 10.8. The van der Waals surface area contributed by atoms with Gasteiger partial charge in [-0.2, -0.15) is 0 Å². The number of nitrogens with one attached hydrogen (secondary N) is 1. The van der Waals surface area contributed by atoms with E-state index in [1.807, 2.05) is 72.8 Å². The molecule has 4 aromatic heterocycles. The topological polar surface area (TPSA) is 71.5 Å². The third-order valence-electron chi connectivity index (χ3n) is 5.42. The van der Waals surface area contributed by atoms with E-state index >= 15 is 0 Å². The van der Waals surface area contributed by atoms with Crippen LogP contribution in [-0.4, -0.2) is 19.9 Å². The second-order valence-corrected chi connectivity index (χ2v) is 10.7. The van der Waals surface area contributed by atoms with Crippen molar-refractivity contribution in [3.63, 3.8) is 0 Å². The number of benzene rings is 2. The lowest BCUT2D eigenvalue weighted by Gasteiger charge is -2.04. The zero-order valence-corrected chi connectivity index (χ0v) is 23.7. The summed E-state index contributed by atoms with van der Waals surface area (Å²) in [4.78, 5) is 27.4. The van der Waals surface area contributed by atoms with Gasteiger partial charge < -0.3 is 4.98 Å². The summed E-state index contributed by atoms with van der Waals surface area (Å²) < 4.78 is 2.33. The van der Waals surface area contributed by atoms with Crippen molar-refractivity contribution in [2.45, 2.75) is 0 Å². The molecule has 0 aliphatic heterocycles. The minimum Gasteiger partial charge on any atom is -0.327 e.